The van der Waals surface area contributed by atoms with Gasteiger partial charge in [0.2, 0.25) is 0 Å². The van der Waals surface area contributed by atoms with Gasteiger partial charge in [0.25, 0.3) is 0 Å². The highest BCUT2D eigenvalue weighted by Crippen LogP contribution is 2.48. The predicted molar refractivity (Wildman–Crippen MR) is 78.4 cm³/mol. The molecule has 1 unspecified atom stereocenters. The van der Waals surface area contributed by atoms with Gasteiger partial charge in [-0.25, -0.2) is 9.97 Å². The summed E-state index contributed by atoms with van der Waals surface area (Å²) in [6, 6.07) is 2.08. The maximum atomic E-state index is 12.2. The minimum absolute atomic E-state index is 0.0304. The Labute approximate surface area is 124 Å². The van der Waals surface area contributed by atoms with Gasteiger partial charge in [-0.1, -0.05) is 19.9 Å². The summed E-state index contributed by atoms with van der Waals surface area (Å²) in [5, 5.41) is 9.25. The molecular formula is C16H18N4O. The Balaban J connectivity index is 1.92. The number of carbonyl (C=O) groups is 1. The molecule has 21 heavy (non-hydrogen) atoms. The number of rotatable bonds is 1. The van der Waals surface area contributed by atoms with Crippen molar-refractivity contribution in [1.29, 1.82) is 5.26 Å². The molecule has 0 N–H and O–H groups in total. The fourth-order valence-corrected chi connectivity index (χ4v) is 3.66. The first-order valence-electron chi connectivity index (χ1n) is 7.14. The first-order chi connectivity index (χ1) is 9.96. The van der Waals surface area contributed by atoms with Crippen LogP contribution in [0.2, 0.25) is 0 Å². The van der Waals surface area contributed by atoms with E-state index in [0.717, 1.165) is 31.6 Å². The Bertz CT molecular complexity index is 644. The largest absolute Gasteiger partial charge is 0.368 e. The van der Waals surface area contributed by atoms with Crippen molar-refractivity contribution in [2.75, 3.05) is 18.0 Å². The Hall–Kier alpha value is -2.22. The highest BCUT2D eigenvalue weighted by molar-refractivity contribution is 6.03. The van der Waals surface area contributed by atoms with Crippen molar-refractivity contribution in [2.45, 2.75) is 26.7 Å². The molecule has 5 heteroatoms. The molecule has 3 rings (SSSR count). The molecule has 0 amide bonds. The van der Waals surface area contributed by atoms with Crippen LogP contribution in [0.3, 0.4) is 0 Å². The number of nitriles is 1. The minimum Gasteiger partial charge on any atom is -0.368 e. The first kappa shape index (κ1) is 13.7. The van der Waals surface area contributed by atoms with E-state index < -0.39 is 5.41 Å². The predicted octanol–water partition coefficient (Wildman–Crippen LogP) is 2.12. The lowest BCUT2D eigenvalue weighted by Crippen LogP contribution is -2.40. The van der Waals surface area contributed by atoms with Crippen LogP contribution >= 0.6 is 0 Å². The molecule has 0 radical (unpaired) electrons. The summed E-state index contributed by atoms with van der Waals surface area (Å²) in [5.41, 5.74) is 0.745. The normalized spacial score (nSPS) is 27.6. The zero-order chi connectivity index (χ0) is 15.1. The summed E-state index contributed by atoms with van der Waals surface area (Å²) in [6.45, 7) is 5.58. The second-order valence-electron chi connectivity index (χ2n) is 6.69. The highest BCUT2D eigenvalue weighted by Gasteiger charge is 2.48. The van der Waals surface area contributed by atoms with Crippen LogP contribution in [-0.2, 0) is 4.79 Å². The molecule has 108 valence electrons. The molecule has 1 fully saturated rings. The van der Waals surface area contributed by atoms with Crippen LogP contribution in [-0.4, -0.2) is 28.8 Å². The molecule has 1 atom stereocenters. The SMILES string of the molecule is CC1(C)CC2(C=C(C#N)C1=O)CCN(c1cncnc1)C2. The van der Waals surface area contributed by atoms with Gasteiger partial charge in [0.1, 0.15) is 12.4 Å². The molecule has 1 spiro atoms. The highest BCUT2D eigenvalue weighted by atomic mass is 16.1. The lowest BCUT2D eigenvalue weighted by molar-refractivity contribution is -0.125. The van der Waals surface area contributed by atoms with Crippen LogP contribution in [0.1, 0.15) is 26.7 Å². The van der Waals surface area contributed by atoms with Gasteiger partial charge in [-0.15, -0.1) is 0 Å². The number of anilines is 1. The van der Waals surface area contributed by atoms with Crippen LogP contribution in [0.15, 0.2) is 30.4 Å². The van der Waals surface area contributed by atoms with Gasteiger partial charge in [0.05, 0.1) is 23.7 Å². The summed E-state index contributed by atoms with van der Waals surface area (Å²) < 4.78 is 0. The third-order valence-electron chi connectivity index (χ3n) is 4.52. The van der Waals surface area contributed by atoms with Crippen molar-refractivity contribution < 1.29 is 4.79 Å². The van der Waals surface area contributed by atoms with Gasteiger partial charge in [-0.2, -0.15) is 5.26 Å². The summed E-state index contributed by atoms with van der Waals surface area (Å²) in [6.07, 6.45) is 8.77. The summed E-state index contributed by atoms with van der Waals surface area (Å²) >= 11 is 0. The maximum Gasteiger partial charge on any atom is 0.178 e. The van der Waals surface area contributed by atoms with Crippen LogP contribution in [0.5, 0.6) is 0 Å². The molecule has 2 heterocycles. The summed E-state index contributed by atoms with van der Waals surface area (Å²) in [7, 11) is 0. The van der Waals surface area contributed by atoms with Gasteiger partial charge in [0, 0.05) is 23.9 Å². The number of hydrogen-bond donors (Lipinski definition) is 0. The molecule has 1 aliphatic carbocycles. The fraction of sp³-hybridized carbons (Fsp3) is 0.500. The Kier molecular flexibility index (Phi) is 3.05. The summed E-state index contributed by atoms with van der Waals surface area (Å²) in [5.74, 6) is -0.0304. The third kappa shape index (κ3) is 2.31. The molecule has 0 bridgehead atoms. The topological polar surface area (TPSA) is 69.9 Å². The Morgan fingerprint density at radius 1 is 1.33 bits per heavy atom. The minimum atomic E-state index is -0.469. The zero-order valence-corrected chi connectivity index (χ0v) is 12.3. The van der Waals surface area contributed by atoms with Crippen molar-refractivity contribution in [1.82, 2.24) is 9.97 Å². The van der Waals surface area contributed by atoms with Crippen molar-refractivity contribution in [2.24, 2.45) is 10.8 Å². The molecule has 1 aliphatic heterocycles. The van der Waals surface area contributed by atoms with Crippen LogP contribution in [0.4, 0.5) is 5.69 Å². The van der Waals surface area contributed by atoms with E-state index in [0.29, 0.717) is 5.57 Å². The van der Waals surface area contributed by atoms with Gasteiger partial charge >= 0.3 is 0 Å². The van der Waals surface area contributed by atoms with E-state index in [1.807, 2.05) is 19.9 Å². The van der Waals surface area contributed by atoms with Crippen LogP contribution < -0.4 is 4.90 Å². The third-order valence-corrected chi connectivity index (χ3v) is 4.52. The second-order valence-corrected chi connectivity index (χ2v) is 6.69. The van der Waals surface area contributed by atoms with E-state index in [1.165, 1.54) is 6.33 Å². The first-order valence-corrected chi connectivity index (χ1v) is 7.14. The van der Waals surface area contributed by atoms with Crippen LogP contribution in [0, 0.1) is 22.2 Å². The van der Waals surface area contributed by atoms with E-state index in [2.05, 4.69) is 20.9 Å². The lowest BCUT2D eigenvalue weighted by Gasteiger charge is -2.38. The molecule has 1 aromatic heterocycles. The van der Waals surface area contributed by atoms with E-state index in [9.17, 15) is 10.1 Å². The molecular weight excluding hydrogens is 264 g/mol. The number of carbonyl (C=O) groups excluding carboxylic acids is 1. The number of aromatic nitrogens is 2. The molecule has 0 aromatic carbocycles. The van der Waals surface area contributed by atoms with Crippen LogP contribution in [0.25, 0.3) is 0 Å². The van der Waals surface area contributed by atoms with Gasteiger partial charge in [0.15, 0.2) is 5.78 Å². The number of allylic oxidation sites excluding steroid dienone is 1. The Morgan fingerprint density at radius 3 is 2.71 bits per heavy atom. The van der Waals surface area contributed by atoms with Gasteiger partial charge < -0.3 is 4.90 Å². The van der Waals surface area contributed by atoms with Crippen molar-refractivity contribution in [3.8, 4) is 6.07 Å². The lowest BCUT2D eigenvalue weighted by atomic mass is 9.64. The maximum absolute atomic E-state index is 12.2. The second kappa shape index (κ2) is 4.66. The molecule has 5 nitrogen and oxygen atoms in total. The van der Waals surface area contributed by atoms with E-state index in [4.69, 9.17) is 0 Å². The number of ketones is 1. The van der Waals surface area contributed by atoms with Crippen molar-refractivity contribution in [3.63, 3.8) is 0 Å². The van der Waals surface area contributed by atoms with E-state index in [1.54, 1.807) is 12.4 Å². The molecule has 0 saturated carbocycles. The Morgan fingerprint density at radius 2 is 2.05 bits per heavy atom. The fourth-order valence-electron chi connectivity index (χ4n) is 3.66. The molecule has 1 aromatic rings. The smallest absolute Gasteiger partial charge is 0.178 e. The molecule has 1 saturated heterocycles. The van der Waals surface area contributed by atoms with Crippen molar-refractivity contribution in [3.05, 3.63) is 30.4 Å². The number of Topliss-reactive ketones (excluding diaryl/α,β-unsaturated/α-hetero) is 1. The van der Waals surface area contributed by atoms with E-state index >= 15 is 0 Å². The average molecular weight is 282 g/mol. The average Bonchev–Trinajstić information content (AvgIpc) is 2.87. The number of hydrogen-bond acceptors (Lipinski definition) is 5. The monoisotopic (exact) mass is 282 g/mol. The number of nitrogens with zero attached hydrogens (tertiary/aromatic N) is 4. The van der Waals surface area contributed by atoms with Gasteiger partial charge in [-0.05, 0) is 12.8 Å². The van der Waals surface area contributed by atoms with E-state index in [-0.39, 0.29) is 11.2 Å². The quantitative estimate of drug-likeness (QED) is 0.789. The standard InChI is InChI=1S/C16H18N4O/c1-15(2)9-16(5-12(6-17)14(15)21)3-4-20(10-16)13-7-18-11-19-8-13/h5,7-8,11H,3-4,9-10H2,1-2H3. The summed E-state index contributed by atoms with van der Waals surface area (Å²) in [4.78, 5) is 22.6. The zero-order valence-electron chi connectivity index (χ0n) is 12.3. The molecule has 2 aliphatic rings. The van der Waals surface area contributed by atoms with Gasteiger partial charge in [-0.3, -0.25) is 4.79 Å². The van der Waals surface area contributed by atoms with Crippen molar-refractivity contribution >= 4 is 11.5 Å².